The van der Waals surface area contributed by atoms with Gasteiger partial charge in [-0.3, -0.25) is 0 Å². The fourth-order valence-electron chi connectivity index (χ4n) is 1.92. The van der Waals surface area contributed by atoms with E-state index in [1.807, 2.05) is 0 Å². The Morgan fingerprint density at radius 3 is 2.21 bits per heavy atom. The van der Waals surface area contributed by atoms with Gasteiger partial charge >= 0.3 is 5.97 Å². The average Bonchev–Trinajstić information content (AvgIpc) is 2.39. The van der Waals surface area contributed by atoms with Crippen LogP contribution in [-0.2, 0) is 10.4 Å². The number of benzene rings is 2. The molecular formula is C15H14O4. The molecule has 4 heteroatoms. The maximum atomic E-state index is 11.2. The van der Waals surface area contributed by atoms with E-state index in [4.69, 9.17) is 5.11 Å². The number of carboxylic acids is 1. The fourth-order valence-corrected chi connectivity index (χ4v) is 1.92. The third-order valence-electron chi connectivity index (χ3n) is 3.05. The lowest BCUT2D eigenvalue weighted by Gasteiger charge is -2.22. The minimum Gasteiger partial charge on any atom is -0.508 e. The zero-order chi connectivity index (χ0) is 14.0. The maximum absolute atomic E-state index is 11.2. The Morgan fingerprint density at radius 1 is 1.05 bits per heavy atom. The van der Waals surface area contributed by atoms with Crippen molar-refractivity contribution >= 4 is 5.97 Å². The zero-order valence-electron chi connectivity index (χ0n) is 10.4. The first-order valence-electron chi connectivity index (χ1n) is 5.77. The van der Waals surface area contributed by atoms with Crippen LogP contribution in [0.3, 0.4) is 0 Å². The molecule has 0 aromatic heterocycles. The predicted molar refractivity (Wildman–Crippen MR) is 70.7 cm³/mol. The van der Waals surface area contributed by atoms with Gasteiger partial charge in [-0.2, -0.15) is 0 Å². The molecule has 3 N–H and O–H groups in total. The second-order valence-electron chi connectivity index (χ2n) is 4.47. The molecule has 0 amide bonds. The van der Waals surface area contributed by atoms with Crippen molar-refractivity contribution in [2.45, 2.75) is 12.5 Å². The predicted octanol–water partition coefficient (Wildman–Crippen LogP) is 2.35. The van der Waals surface area contributed by atoms with Gasteiger partial charge in [0.05, 0.1) is 0 Å². The number of aliphatic carboxylic acids is 1. The Hall–Kier alpha value is -2.33. The van der Waals surface area contributed by atoms with E-state index in [0.29, 0.717) is 11.1 Å². The molecule has 2 aromatic rings. The van der Waals surface area contributed by atoms with Crippen LogP contribution in [0.4, 0.5) is 0 Å². The number of hydrogen-bond acceptors (Lipinski definition) is 3. The highest BCUT2D eigenvalue weighted by Crippen LogP contribution is 2.32. The summed E-state index contributed by atoms with van der Waals surface area (Å²) >= 11 is 0. The topological polar surface area (TPSA) is 77.8 Å². The molecule has 0 aliphatic rings. The van der Waals surface area contributed by atoms with E-state index in [2.05, 4.69) is 0 Å². The van der Waals surface area contributed by atoms with Gasteiger partial charge in [0.25, 0.3) is 0 Å². The quantitative estimate of drug-likeness (QED) is 0.789. The van der Waals surface area contributed by atoms with Gasteiger partial charge in [0, 0.05) is 5.56 Å². The van der Waals surface area contributed by atoms with E-state index >= 15 is 0 Å². The summed E-state index contributed by atoms with van der Waals surface area (Å²) in [5.41, 5.74) is -0.299. The summed E-state index contributed by atoms with van der Waals surface area (Å²) in [6.07, 6.45) is 0. The number of rotatable bonds is 3. The highest BCUT2D eigenvalue weighted by Gasteiger charge is 2.34. The van der Waals surface area contributed by atoms with Crippen LogP contribution in [0.2, 0.25) is 0 Å². The van der Waals surface area contributed by atoms with Crippen LogP contribution < -0.4 is 0 Å². The molecule has 0 spiro atoms. The molecule has 1 atom stereocenters. The molecule has 0 heterocycles. The third kappa shape index (κ3) is 2.44. The molecule has 0 aliphatic carbocycles. The molecule has 0 radical (unpaired) electrons. The van der Waals surface area contributed by atoms with E-state index in [-0.39, 0.29) is 5.75 Å². The summed E-state index contributed by atoms with van der Waals surface area (Å²) in [5.74, 6) is -1.18. The summed E-state index contributed by atoms with van der Waals surface area (Å²) in [7, 11) is 0. The highest BCUT2D eigenvalue weighted by atomic mass is 16.4. The summed E-state index contributed by atoms with van der Waals surface area (Å²) in [5, 5.41) is 28.5. The van der Waals surface area contributed by atoms with Crippen LogP contribution in [0.5, 0.6) is 5.75 Å². The summed E-state index contributed by atoms with van der Waals surface area (Å²) in [6.45, 7) is 1.24. The van der Waals surface area contributed by atoms with Gasteiger partial charge in [-0.1, -0.05) is 36.4 Å². The molecule has 19 heavy (non-hydrogen) atoms. The first-order chi connectivity index (χ1) is 8.93. The van der Waals surface area contributed by atoms with Crippen molar-refractivity contribution in [3.8, 4) is 16.9 Å². The molecule has 1 unspecified atom stereocenters. The minimum absolute atomic E-state index is 0.131. The number of phenols is 1. The van der Waals surface area contributed by atoms with Crippen LogP contribution >= 0.6 is 0 Å². The molecule has 2 rings (SSSR count). The van der Waals surface area contributed by atoms with Crippen molar-refractivity contribution in [2.75, 3.05) is 0 Å². The van der Waals surface area contributed by atoms with E-state index in [0.717, 1.165) is 5.56 Å². The van der Waals surface area contributed by atoms with Crippen molar-refractivity contribution in [3.05, 3.63) is 54.1 Å². The number of aliphatic hydroxyl groups is 1. The Balaban J connectivity index is 2.59. The molecule has 0 fully saturated rings. The summed E-state index contributed by atoms with van der Waals surface area (Å²) in [4.78, 5) is 11.2. The molecule has 0 bridgehead atoms. The standard InChI is InChI=1S/C15H14O4/c1-15(19,14(17)18)13-5-3-2-4-12(13)10-6-8-11(16)9-7-10/h2-9,16,19H,1H3,(H,17,18). The van der Waals surface area contributed by atoms with E-state index in [1.54, 1.807) is 36.4 Å². The van der Waals surface area contributed by atoms with Crippen molar-refractivity contribution in [1.29, 1.82) is 0 Å². The second-order valence-corrected chi connectivity index (χ2v) is 4.47. The maximum Gasteiger partial charge on any atom is 0.340 e. The molecule has 0 aliphatic heterocycles. The van der Waals surface area contributed by atoms with Crippen molar-refractivity contribution in [1.82, 2.24) is 0 Å². The molecule has 2 aromatic carbocycles. The number of hydrogen-bond donors (Lipinski definition) is 3. The van der Waals surface area contributed by atoms with Crippen LogP contribution in [0.25, 0.3) is 11.1 Å². The SMILES string of the molecule is CC(O)(C(=O)O)c1ccccc1-c1ccc(O)cc1. The first-order valence-corrected chi connectivity index (χ1v) is 5.77. The van der Waals surface area contributed by atoms with Crippen LogP contribution in [0.15, 0.2) is 48.5 Å². The first kappa shape index (κ1) is 13.1. The van der Waals surface area contributed by atoms with Crippen LogP contribution in [0, 0.1) is 0 Å². The number of phenolic OH excluding ortho intramolecular Hbond substituents is 1. The van der Waals surface area contributed by atoms with Gasteiger partial charge in [0.15, 0.2) is 5.60 Å². The zero-order valence-corrected chi connectivity index (χ0v) is 10.4. The third-order valence-corrected chi connectivity index (χ3v) is 3.05. The van der Waals surface area contributed by atoms with E-state index < -0.39 is 11.6 Å². The summed E-state index contributed by atoms with van der Waals surface area (Å²) < 4.78 is 0. The molecule has 98 valence electrons. The number of carbonyl (C=O) groups is 1. The molecule has 0 saturated carbocycles. The van der Waals surface area contributed by atoms with Gasteiger partial charge in [0.1, 0.15) is 5.75 Å². The largest absolute Gasteiger partial charge is 0.508 e. The average molecular weight is 258 g/mol. The monoisotopic (exact) mass is 258 g/mol. The van der Waals surface area contributed by atoms with Crippen molar-refractivity contribution < 1.29 is 20.1 Å². The molecule has 0 saturated heterocycles. The molecule has 4 nitrogen and oxygen atoms in total. The lowest BCUT2D eigenvalue weighted by atomic mass is 9.88. The second kappa shape index (κ2) is 4.74. The Labute approximate surface area is 110 Å². The Bertz CT molecular complexity index is 600. The lowest BCUT2D eigenvalue weighted by Crippen LogP contribution is -2.32. The smallest absolute Gasteiger partial charge is 0.340 e. The van der Waals surface area contributed by atoms with Gasteiger partial charge in [-0.05, 0) is 30.2 Å². The van der Waals surface area contributed by atoms with Crippen LogP contribution in [-0.4, -0.2) is 21.3 Å². The highest BCUT2D eigenvalue weighted by molar-refractivity contribution is 5.83. The van der Waals surface area contributed by atoms with Gasteiger partial charge in [0.2, 0.25) is 0 Å². The van der Waals surface area contributed by atoms with Crippen LogP contribution in [0.1, 0.15) is 12.5 Å². The Kier molecular flexibility index (Phi) is 3.27. The minimum atomic E-state index is -1.96. The van der Waals surface area contributed by atoms with Gasteiger partial charge < -0.3 is 15.3 Å². The number of carboxylic acid groups (broad SMARTS) is 1. The van der Waals surface area contributed by atoms with Gasteiger partial charge in [-0.15, -0.1) is 0 Å². The summed E-state index contributed by atoms with van der Waals surface area (Å²) in [6, 6.07) is 13.1. The van der Waals surface area contributed by atoms with E-state index in [9.17, 15) is 15.0 Å². The lowest BCUT2D eigenvalue weighted by molar-refractivity contribution is -0.157. The van der Waals surface area contributed by atoms with Crippen molar-refractivity contribution in [3.63, 3.8) is 0 Å². The fraction of sp³-hybridized carbons (Fsp3) is 0.133. The van der Waals surface area contributed by atoms with Gasteiger partial charge in [-0.25, -0.2) is 4.79 Å². The van der Waals surface area contributed by atoms with Crippen molar-refractivity contribution in [2.24, 2.45) is 0 Å². The Morgan fingerprint density at radius 2 is 1.63 bits per heavy atom. The molecular weight excluding hydrogens is 244 g/mol. The van der Waals surface area contributed by atoms with E-state index in [1.165, 1.54) is 19.1 Å². The number of aromatic hydroxyl groups is 1. The normalized spacial score (nSPS) is 13.8.